The molecule has 0 aliphatic carbocycles. The van der Waals surface area contributed by atoms with Gasteiger partial charge in [0.05, 0.1) is 11.2 Å². The fourth-order valence-corrected chi connectivity index (χ4v) is 1.68. The molecular weight excluding hydrogens is 182 g/mol. The van der Waals surface area contributed by atoms with Crippen LogP contribution in [0.15, 0.2) is 10.9 Å². The first kappa shape index (κ1) is 10.6. The minimum absolute atomic E-state index is 0.596. The molecule has 0 amide bonds. The maximum atomic E-state index is 5.59. The van der Waals surface area contributed by atoms with Gasteiger partial charge in [-0.15, -0.1) is 11.3 Å². The van der Waals surface area contributed by atoms with Crippen molar-refractivity contribution < 1.29 is 0 Å². The van der Waals surface area contributed by atoms with E-state index in [4.69, 9.17) is 5.73 Å². The van der Waals surface area contributed by atoms with Crippen molar-refractivity contribution in [2.24, 2.45) is 11.7 Å². The molecule has 3 nitrogen and oxygen atoms in total. The van der Waals surface area contributed by atoms with E-state index in [9.17, 15) is 0 Å². The molecule has 13 heavy (non-hydrogen) atoms. The molecule has 1 aromatic heterocycles. The number of thiazole rings is 1. The van der Waals surface area contributed by atoms with E-state index in [0.29, 0.717) is 5.92 Å². The van der Waals surface area contributed by atoms with Gasteiger partial charge >= 0.3 is 0 Å². The van der Waals surface area contributed by atoms with Gasteiger partial charge in [-0.05, 0) is 19.0 Å². The summed E-state index contributed by atoms with van der Waals surface area (Å²) in [6, 6.07) is 0. The molecule has 1 atom stereocenters. The zero-order valence-electron chi connectivity index (χ0n) is 7.99. The minimum Gasteiger partial charge on any atom is -0.330 e. The van der Waals surface area contributed by atoms with Gasteiger partial charge in [0.15, 0.2) is 0 Å². The lowest BCUT2D eigenvalue weighted by atomic mass is 10.1. The summed E-state index contributed by atoms with van der Waals surface area (Å²) in [7, 11) is 0. The summed E-state index contributed by atoms with van der Waals surface area (Å²) in [6.07, 6.45) is 1.14. The van der Waals surface area contributed by atoms with Crippen LogP contribution < -0.4 is 11.1 Å². The second kappa shape index (κ2) is 6.07. The third-order valence-corrected chi connectivity index (χ3v) is 2.77. The van der Waals surface area contributed by atoms with Gasteiger partial charge < -0.3 is 11.1 Å². The number of nitrogens with two attached hydrogens (primary N) is 1. The Morgan fingerprint density at radius 1 is 1.69 bits per heavy atom. The highest BCUT2D eigenvalue weighted by atomic mass is 32.1. The van der Waals surface area contributed by atoms with Crippen LogP contribution in [0.25, 0.3) is 0 Å². The molecule has 0 fully saturated rings. The molecule has 3 N–H and O–H groups in total. The third kappa shape index (κ3) is 3.85. The lowest BCUT2D eigenvalue weighted by molar-refractivity contribution is 0.470. The van der Waals surface area contributed by atoms with Crippen molar-refractivity contribution in [2.45, 2.75) is 19.9 Å². The van der Waals surface area contributed by atoms with Crippen LogP contribution in [0.5, 0.6) is 0 Å². The lowest BCUT2D eigenvalue weighted by Gasteiger charge is -2.11. The van der Waals surface area contributed by atoms with Gasteiger partial charge in [-0.3, -0.25) is 0 Å². The topological polar surface area (TPSA) is 50.9 Å². The van der Waals surface area contributed by atoms with E-state index in [2.05, 4.69) is 22.6 Å². The summed E-state index contributed by atoms with van der Waals surface area (Å²) >= 11 is 1.63. The van der Waals surface area contributed by atoms with Crippen LogP contribution >= 0.6 is 11.3 Å². The summed E-state index contributed by atoms with van der Waals surface area (Å²) in [5.74, 6) is 0.596. The van der Waals surface area contributed by atoms with Crippen LogP contribution in [0.2, 0.25) is 0 Å². The zero-order valence-corrected chi connectivity index (χ0v) is 8.81. The highest BCUT2D eigenvalue weighted by Crippen LogP contribution is 2.01. The molecule has 0 aliphatic heterocycles. The maximum absolute atomic E-state index is 5.59. The van der Waals surface area contributed by atoms with Crippen molar-refractivity contribution in [1.29, 1.82) is 0 Å². The molecule has 1 aromatic rings. The van der Waals surface area contributed by atoms with Crippen molar-refractivity contribution >= 4 is 11.3 Å². The normalized spacial score (nSPS) is 13.1. The summed E-state index contributed by atoms with van der Waals surface area (Å²) in [5, 5.41) is 5.42. The molecule has 0 saturated heterocycles. The monoisotopic (exact) mass is 199 g/mol. The van der Waals surface area contributed by atoms with Gasteiger partial charge in [0.25, 0.3) is 0 Å². The molecule has 74 valence electrons. The minimum atomic E-state index is 0.596. The Hall–Kier alpha value is -0.450. The van der Waals surface area contributed by atoms with Crippen molar-refractivity contribution in [2.75, 3.05) is 13.1 Å². The molecule has 1 unspecified atom stereocenters. The van der Waals surface area contributed by atoms with Gasteiger partial charge in [0.1, 0.15) is 0 Å². The molecule has 0 saturated carbocycles. The lowest BCUT2D eigenvalue weighted by Crippen LogP contribution is -2.27. The fraction of sp³-hybridized carbons (Fsp3) is 0.667. The first-order valence-electron chi connectivity index (χ1n) is 4.64. The van der Waals surface area contributed by atoms with Crippen LogP contribution in [-0.4, -0.2) is 18.1 Å². The standard InChI is InChI=1S/C9H17N3S/c1-2-8(3-10)4-11-5-9-6-13-7-12-9/h6-8,11H,2-5,10H2,1H3. The van der Waals surface area contributed by atoms with Gasteiger partial charge in [-0.1, -0.05) is 13.3 Å². The number of rotatable bonds is 6. The number of hydrogen-bond acceptors (Lipinski definition) is 4. The van der Waals surface area contributed by atoms with Crippen LogP contribution in [0.4, 0.5) is 0 Å². The number of aromatic nitrogens is 1. The van der Waals surface area contributed by atoms with E-state index >= 15 is 0 Å². The summed E-state index contributed by atoms with van der Waals surface area (Å²) < 4.78 is 0. The Morgan fingerprint density at radius 2 is 2.54 bits per heavy atom. The van der Waals surface area contributed by atoms with Crippen molar-refractivity contribution in [3.8, 4) is 0 Å². The van der Waals surface area contributed by atoms with Gasteiger partial charge in [-0.25, -0.2) is 4.98 Å². The predicted octanol–water partition coefficient (Wildman–Crippen LogP) is 1.22. The van der Waals surface area contributed by atoms with Crippen molar-refractivity contribution in [3.63, 3.8) is 0 Å². The Balaban J connectivity index is 2.13. The fourth-order valence-electron chi connectivity index (χ4n) is 1.12. The van der Waals surface area contributed by atoms with Crippen LogP contribution in [0, 0.1) is 5.92 Å². The van der Waals surface area contributed by atoms with E-state index < -0.39 is 0 Å². The first-order valence-corrected chi connectivity index (χ1v) is 5.59. The maximum Gasteiger partial charge on any atom is 0.0795 e. The number of nitrogens with zero attached hydrogens (tertiary/aromatic N) is 1. The Kier molecular flexibility index (Phi) is 4.97. The van der Waals surface area contributed by atoms with Crippen LogP contribution in [0.1, 0.15) is 19.0 Å². The molecule has 0 aliphatic rings. The second-order valence-electron chi connectivity index (χ2n) is 3.12. The molecule has 4 heteroatoms. The highest BCUT2D eigenvalue weighted by Gasteiger charge is 2.02. The molecule has 0 spiro atoms. The van der Waals surface area contributed by atoms with Crippen molar-refractivity contribution in [3.05, 3.63) is 16.6 Å². The summed E-state index contributed by atoms with van der Waals surface area (Å²) in [6.45, 7) is 4.78. The van der Waals surface area contributed by atoms with E-state index in [1.165, 1.54) is 0 Å². The predicted molar refractivity (Wildman–Crippen MR) is 56.7 cm³/mol. The summed E-state index contributed by atoms with van der Waals surface area (Å²) in [4.78, 5) is 4.19. The van der Waals surface area contributed by atoms with Crippen molar-refractivity contribution in [1.82, 2.24) is 10.3 Å². The Morgan fingerprint density at radius 3 is 3.08 bits per heavy atom. The van der Waals surface area contributed by atoms with E-state index in [1.807, 2.05) is 5.51 Å². The molecule has 1 rings (SSSR count). The summed E-state index contributed by atoms with van der Waals surface area (Å²) in [5.41, 5.74) is 8.57. The molecule has 0 bridgehead atoms. The SMILES string of the molecule is CCC(CN)CNCc1cscn1. The first-order chi connectivity index (χ1) is 6.36. The Labute approximate surface area is 83.4 Å². The Bertz CT molecular complexity index is 207. The van der Waals surface area contributed by atoms with Gasteiger partial charge in [-0.2, -0.15) is 0 Å². The molecule has 0 radical (unpaired) electrons. The quantitative estimate of drug-likeness (QED) is 0.724. The van der Waals surface area contributed by atoms with Crippen LogP contribution in [-0.2, 0) is 6.54 Å². The second-order valence-corrected chi connectivity index (χ2v) is 3.84. The molecule has 0 aromatic carbocycles. The van der Waals surface area contributed by atoms with Gasteiger partial charge in [0.2, 0.25) is 0 Å². The molecular formula is C9H17N3S. The van der Waals surface area contributed by atoms with E-state index in [1.54, 1.807) is 11.3 Å². The van der Waals surface area contributed by atoms with E-state index in [-0.39, 0.29) is 0 Å². The smallest absolute Gasteiger partial charge is 0.0795 e. The largest absolute Gasteiger partial charge is 0.330 e. The third-order valence-electron chi connectivity index (χ3n) is 2.13. The average Bonchev–Trinajstić information content (AvgIpc) is 2.65. The van der Waals surface area contributed by atoms with Gasteiger partial charge in [0, 0.05) is 11.9 Å². The number of nitrogens with one attached hydrogen (secondary N) is 1. The van der Waals surface area contributed by atoms with E-state index in [0.717, 1.165) is 31.7 Å². The number of hydrogen-bond donors (Lipinski definition) is 2. The molecule has 1 heterocycles. The zero-order chi connectivity index (χ0) is 9.52. The highest BCUT2D eigenvalue weighted by molar-refractivity contribution is 7.07. The van der Waals surface area contributed by atoms with Crippen LogP contribution in [0.3, 0.4) is 0 Å². The average molecular weight is 199 g/mol.